The Hall–Kier alpha value is -2.02. The Morgan fingerprint density at radius 3 is 2.85 bits per heavy atom. The number of imide groups is 1. The lowest BCUT2D eigenvalue weighted by Gasteiger charge is -2.17. The van der Waals surface area contributed by atoms with Crippen molar-refractivity contribution in [3.05, 3.63) is 35.4 Å². The maximum absolute atomic E-state index is 13.5. The van der Waals surface area contributed by atoms with Gasteiger partial charge >= 0.3 is 6.03 Å². The summed E-state index contributed by atoms with van der Waals surface area (Å²) in [6.45, 7) is 2.34. The predicted molar refractivity (Wildman–Crippen MR) is 67.9 cm³/mol. The highest BCUT2D eigenvalue weighted by Crippen LogP contribution is 2.17. The molecular weight excluding hydrogens is 268 g/mol. The Bertz CT molecular complexity index is 536. The molecule has 1 atom stereocenters. The number of carbonyl (C=O) groups is 2. The van der Waals surface area contributed by atoms with Gasteiger partial charge in [-0.15, -0.1) is 0 Å². The molecule has 1 fully saturated rings. The fourth-order valence-electron chi connectivity index (χ4n) is 2.01. The molecule has 0 spiro atoms. The first-order valence-corrected chi connectivity index (χ1v) is 6.25. The molecule has 0 aliphatic carbocycles. The Kier molecular flexibility index (Phi) is 4.29. The zero-order valence-corrected chi connectivity index (χ0v) is 11.0. The lowest BCUT2D eigenvalue weighted by atomic mass is 10.1. The molecule has 0 aromatic heterocycles. The van der Waals surface area contributed by atoms with Gasteiger partial charge in [-0.1, -0.05) is 6.07 Å². The minimum Gasteiger partial charge on any atom is -0.336 e. The minimum atomic E-state index is -0.670. The second kappa shape index (κ2) is 5.96. The number of nitrogens with zero attached hydrogens (tertiary/aromatic N) is 1. The summed E-state index contributed by atoms with van der Waals surface area (Å²) in [5, 5.41) is 5.34. The van der Waals surface area contributed by atoms with Gasteiger partial charge in [-0.25, -0.2) is 13.6 Å². The van der Waals surface area contributed by atoms with Gasteiger partial charge in [0.05, 0.1) is 6.54 Å². The molecule has 1 aliphatic rings. The van der Waals surface area contributed by atoms with Crippen molar-refractivity contribution in [2.75, 3.05) is 19.6 Å². The maximum Gasteiger partial charge on any atom is 0.324 e. The molecule has 1 aromatic rings. The third kappa shape index (κ3) is 3.11. The van der Waals surface area contributed by atoms with Gasteiger partial charge in [0.15, 0.2) is 0 Å². The van der Waals surface area contributed by atoms with Gasteiger partial charge in [-0.3, -0.25) is 9.69 Å². The average molecular weight is 283 g/mol. The highest BCUT2D eigenvalue weighted by Gasteiger charge is 2.26. The number of hydrogen-bond acceptors (Lipinski definition) is 3. The lowest BCUT2D eigenvalue weighted by molar-refractivity contribution is -0.126. The topological polar surface area (TPSA) is 61.4 Å². The molecule has 2 N–H and O–H groups in total. The van der Waals surface area contributed by atoms with E-state index in [9.17, 15) is 18.4 Å². The van der Waals surface area contributed by atoms with Crippen LogP contribution in [0.2, 0.25) is 0 Å². The monoisotopic (exact) mass is 283 g/mol. The van der Waals surface area contributed by atoms with Crippen molar-refractivity contribution in [2.24, 2.45) is 0 Å². The van der Waals surface area contributed by atoms with E-state index in [-0.39, 0.29) is 18.0 Å². The van der Waals surface area contributed by atoms with Gasteiger partial charge in [-0.2, -0.15) is 0 Å². The Balaban J connectivity index is 1.93. The summed E-state index contributed by atoms with van der Waals surface area (Å²) in [4.78, 5) is 24.2. The van der Waals surface area contributed by atoms with E-state index in [1.165, 1.54) is 6.07 Å². The van der Waals surface area contributed by atoms with Gasteiger partial charge in [0, 0.05) is 30.8 Å². The van der Waals surface area contributed by atoms with Crippen LogP contribution in [0.5, 0.6) is 0 Å². The van der Waals surface area contributed by atoms with Crippen molar-refractivity contribution in [2.45, 2.75) is 13.0 Å². The van der Waals surface area contributed by atoms with Gasteiger partial charge < -0.3 is 10.6 Å². The van der Waals surface area contributed by atoms with Crippen molar-refractivity contribution < 1.29 is 18.4 Å². The average Bonchev–Trinajstić information content (AvgIpc) is 2.82. The van der Waals surface area contributed by atoms with Crippen molar-refractivity contribution in [3.63, 3.8) is 0 Å². The smallest absolute Gasteiger partial charge is 0.324 e. The molecule has 5 nitrogen and oxygen atoms in total. The highest BCUT2D eigenvalue weighted by atomic mass is 19.1. The fourth-order valence-corrected chi connectivity index (χ4v) is 2.01. The molecule has 0 saturated carbocycles. The summed E-state index contributed by atoms with van der Waals surface area (Å²) in [5.74, 6) is -1.70. The SMILES string of the molecule is C[C@H](NCC(=O)N1CCNC1=O)c1ccc(F)cc1F. The number of hydrogen-bond donors (Lipinski definition) is 2. The molecule has 7 heteroatoms. The summed E-state index contributed by atoms with van der Waals surface area (Å²) in [5.41, 5.74) is 0.269. The first-order valence-electron chi connectivity index (χ1n) is 6.25. The van der Waals surface area contributed by atoms with Crippen LogP contribution in [0.15, 0.2) is 18.2 Å². The molecule has 108 valence electrons. The third-order valence-electron chi connectivity index (χ3n) is 3.15. The predicted octanol–water partition coefficient (Wildman–Crippen LogP) is 1.17. The van der Waals surface area contributed by atoms with E-state index in [1.807, 2.05) is 0 Å². The molecular formula is C13H15F2N3O2. The van der Waals surface area contributed by atoms with Crippen LogP contribution in [0.1, 0.15) is 18.5 Å². The largest absolute Gasteiger partial charge is 0.336 e. The fraction of sp³-hybridized carbons (Fsp3) is 0.385. The molecule has 0 radical (unpaired) electrons. The molecule has 1 heterocycles. The number of benzene rings is 1. The normalized spacial score (nSPS) is 16.1. The van der Waals surface area contributed by atoms with E-state index in [4.69, 9.17) is 0 Å². The van der Waals surface area contributed by atoms with Gasteiger partial charge in [0.25, 0.3) is 0 Å². The quantitative estimate of drug-likeness (QED) is 0.872. The van der Waals surface area contributed by atoms with Crippen molar-refractivity contribution >= 4 is 11.9 Å². The minimum absolute atomic E-state index is 0.0919. The van der Waals surface area contributed by atoms with E-state index >= 15 is 0 Å². The van der Waals surface area contributed by atoms with Crippen LogP contribution in [0.4, 0.5) is 13.6 Å². The zero-order valence-electron chi connectivity index (χ0n) is 11.0. The Morgan fingerprint density at radius 1 is 1.50 bits per heavy atom. The van der Waals surface area contributed by atoms with Crippen LogP contribution in [0.3, 0.4) is 0 Å². The first-order chi connectivity index (χ1) is 9.49. The molecule has 1 saturated heterocycles. The van der Waals surface area contributed by atoms with Gasteiger partial charge in [0.2, 0.25) is 5.91 Å². The lowest BCUT2D eigenvalue weighted by Crippen LogP contribution is -2.40. The Labute approximate surface area is 114 Å². The van der Waals surface area contributed by atoms with Crippen LogP contribution in [0.25, 0.3) is 0 Å². The van der Waals surface area contributed by atoms with Gasteiger partial charge in [-0.05, 0) is 13.0 Å². The van der Waals surface area contributed by atoms with Crippen LogP contribution in [0, 0.1) is 11.6 Å². The molecule has 0 unspecified atom stereocenters. The van der Waals surface area contributed by atoms with E-state index in [1.54, 1.807) is 6.92 Å². The molecule has 1 aliphatic heterocycles. The summed E-state index contributed by atoms with van der Waals surface area (Å²) < 4.78 is 26.4. The van der Waals surface area contributed by atoms with Crippen molar-refractivity contribution in [1.82, 2.24) is 15.5 Å². The summed E-state index contributed by atoms with van der Waals surface area (Å²) in [7, 11) is 0. The number of halogens is 2. The summed E-state index contributed by atoms with van der Waals surface area (Å²) in [6, 6.07) is 2.40. The molecule has 0 bridgehead atoms. The summed E-state index contributed by atoms with van der Waals surface area (Å²) in [6.07, 6.45) is 0. The molecule has 1 aromatic carbocycles. The third-order valence-corrected chi connectivity index (χ3v) is 3.15. The van der Waals surface area contributed by atoms with E-state index in [2.05, 4.69) is 10.6 Å². The van der Waals surface area contributed by atoms with E-state index in [0.29, 0.717) is 13.1 Å². The Morgan fingerprint density at radius 2 is 2.25 bits per heavy atom. The molecule has 3 amide bonds. The van der Waals surface area contributed by atoms with Crippen molar-refractivity contribution in [3.8, 4) is 0 Å². The summed E-state index contributed by atoms with van der Waals surface area (Å²) >= 11 is 0. The second-order valence-electron chi connectivity index (χ2n) is 4.55. The number of urea groups is 1. The standard InChI is InChI=1S/C13H15F2N3O2/c1-8(10-3-2-9(14)6-11(10)15)17-7-12(19)18-5-4-16-13(18)20/h2-3,6,8,17H,4-5,7H2,1H3,(H,16,20)/t8-/m0/s1. The highest BCUT2D eigenvalue weighted by molar-refractivity contribution is 5.96. The first kappa shape index (κ1) is 14.4. The van der Waals surface area contributed by atoms with Crippen LogP contribution < -0.4 is 10.6 Å². The van der Waals surface area contributed by atoms with E-state index in [0.717, 1.165) is 17.0 Å². The maximum atomic E-state index is 13.5. The molecule has 20 heavy (non-hydrogen) atoms. The number of nitrogens with one attached hydrogen (secondary N) is 2. The number of carbonyl (C=O) groups excluding carboxylic acids is 2. The van der Waals surface area contributed by atoms with Crippen molar-refractivity contribution in [1.29, 1.82) is 0 Å². The number of amides is 3. The number of rotatable bonds is 4. The van der Waals surface area contributed by atoms with Crippen LogP contribution in [-0.2, 0) is 4.79 Å². The van der Waals surface area contributed by atoms with Crippen LogP contribution in [-0.4, -0.2) is 36.5 Å². The van der Waals surface area contributed by atoms with Crippen LogP contribution >= 0.6 is 0 Å². The molecule has 2 rings (SSSR count). The second-order valence-corrected chi connectivity index (χ2v) is 4.55. The van der Waals surface area contributed by atoms with Gasteiger partial charge in [0.1, 0.15) is 11.6 Å². The zero-order chi connectivity index (χ0) is 14.7. The van der Waals surface area contributed by atoms with E-state index < -0.39 is 23.7 Å².